The Hall–Kier alpha value is -1.96. The van der Waals surface area contributed by atoms with Crippen molar-refractivity contribution >= 4 is 21.9 Å². The van der Waals surface area contributed by atoms with Crippen LogP contribution in [0.4, 0.5) is 0 Å². The van der Waals surface area contributed by atoms with Gasteiger partial charge in [0.2, 0.25) is 0 Å². The Kier molecular flexibility index (Phi) is 2.78. The van der Waals surface area contributed by atoms with Crippen molar-refractivity contribution < 1.29 is 28.6 Å². The molecule has 1 radical (unpaired) electrons. The van der Waals surface area contributed by atoms with Crippen molar-refractivity contribution in [2.75, 3.05) is 0 Å². The van der Waals surface area contributed by atoms with E-state index in [0.717, 1.165) is 22.0 Å². The summed E-state index contributed by atoms with van der Waals surface area (Å²) in [7, 11) is 0. The van der Waals surface area contributed by atoms with Gasteiger partial charge in [0.15, 0.2) is 0 Å². The predicted octanol–water partition coefficient (Wildman–Crippen LogP) is 4.75. The molecule has 0 aliphatic heterocycles. The second-order valence-corrected chi connectivity index (χ2v) is 4.65. The molecule has 0 fully saturated rings. The molecule has 2 nitrogen and oxygen atoms in total. The quantitative estimate of drug-likeness (QED) is 0.389. The van der Waals surface area contributed by atoms with Gasteiger partial charge in [0.05, 0.1) is 5.58 Å². The third-order valence-corrected chi connectivity index (χ3v) is 3.35. The molecule has 2 aromatic carbocycles. The van der Waals surface area contributed by atoms with Crippen molar-refractivity contribution in [2.24, 2.45) is 0 Å². The van der Waals surface area contributed by atoms with Crippen molar-refractivity contribution in [2.45, 2.75) is 6.85 Å². The first-order valence-electron chi connectivity index (χ1n) is 7.82. The van der Waals surface area contributed by atoms with Gasteiger partial charge in [0, 0.05) is 30.4 Å². The maximum absolute atomic E-state index is 7.51. The number of fused-ring (bicyclic) bond motifs is 3. The molecule has 0 amide bonds. The summed E-state index contributed by atoms with van der Waals surface area (Å²) in [6.45, 7) is -2.14. The Morgan fingerprint density at radius 3 is 2.81 bits per heavy atom. The second-order valence-electron chi connectivity index (χ2n) is 4.65. The van der Waals surface area contributed by atoms with Crippen LogP contribution in [0.15, 0.2) is 59.1 Å². The van der Waals surface area contributed by atoms with Crippen LogP contribution in [0.25, 0.3) is 33.2 Å². The minimum Gasteiger partial charge on any atom is -0.476 e. The number of pyridine rings is 1. The Morgan fingerprint density at radius 2 is 2.00 bits per heavy atom. The molecule has 0 saturated heterocycles. The van der Waals surface area contributed by atoms with Crippen molar-refractivity contribution in [1.29, 1.82) is 0 Å². The van der Waals surface area contributed by atoms with Crippen LogP contribution in [-0.2, 0) is 20.1 Å². The van der Waals surface area contributed by atoms with Crippen LogP contribution in [0.1, 0.15) is 9.68 Å². The van der Waals surface area contributed by atoms with Crippen molar-refractivity contribution in [1.82, 2.24) is 4.98 Å². The maximum Gasteiger partial charge on any atom is 0.123 e. The van der Waals surface area contributed by atoms with E-state index in [-0.39, 0.29) is 25.7 Å². The Bertz CT molecular complexity index is 1010. The Labute approximate surface area is 140 Å². The van der Waals surface area contributed by atoms with Gasteiger partial charge < -0.3 is 9.40 Å². The van der Waals surface area contributed by atoms with E-state index >= 15 is 0 Å². The van der Waals surface area contributed by atoms with Crippen molar-refractivity contribution in [3.8, 4) is 11.3 Å². The number of rotatable bonds is 1. The van der Waals surface area contributed by atoms with E-state index in [9.17, 15) is 0 Å². The van der Waals surface area contributed by atoms with E-state index < -0.39 is 6.85 Å². The number of benzene rings is 2. The van der Waals surface area contributed by atoms with Crippen LogP contribution in [-0.4, -0.2) is 4.98 Å². The molecule has 0 aliphatic carbocycles. The van der Waals surface area contributed by atoms with E-state index in [2.05, 4.69) is 11.1 Å². The van der Waals surface area contributed by atoms with Crippen LogP contribution in [0.2, 0.25) is 0 Å². The average Bonchev–Trinajstić information content (AvgIpc) is 2.91. The van der Waals surface area contributed by atoms with Gasteiger partial charge in [-0.05, 0) is 35.6 Å². The zero-order valence-corrected chi connectivity index (χ0v) is 13.3. The molecule has 0 saturated carbocycles. The van der Waals surface area contributed by atoms with E-state index in [1.807, 2.05) is 30.3 Å². The largest absolute Gasteiger partial charge is 0.476 e. The van der Waals surface area contributed by atoms with Gasteiger partial charge in [-0.15, -0.1) is 17.7 Å². The van der Waals surface area contributed by atoms with Gasteiger partial charge in [-0.2, -0.15) is 0 Å². The summed E-state index contributed by atoms with van der Waals surface area (Å²) < 4.78 is 28.4. The summed E-state index contributed by atoms with van der Waals surface area (Å²) >= 11 is 0. The third kappa shape index (κ3) is 2.39. The minimum atomic E-state index is -2.14. The fraction of sp³-hybridized carbons (Fsp3) is 0.0556. The standard InChI is InChI=1S/C18H12NO.Ir/c1-12-5-7-14-15-8-6-13(16-4-2-3-9-19-16)11-18(15)20-17(14)10-12;/h2-5,7-11H,1H3;/q-1;/i1D3;. The smallest absolute Gasteiger partial charge is 0.123 e. The van der Waals surface area contributed by atoms with Gasteiger partial charge in [-0.25, -0.2) is 0 Å². The molecule has 0 spiro atoms. The third-order valence-electron chi connectivity index (χ3n) is 3.35. The Morgan fingerprint density at radius 1 is 1.10 bits per heavy atom. The summed E-state index contributed by atoms with van der Waals surface area (Å²) in [5.41, 5.74) is 3.20. The van der Waals surface area contributed by atoms with E-state index in [0.29, 0.717) is 11.2 Å². The van der Waals surface area contributed by atoms with Crippen LogP contribution in [0.5, 0.6) is 0 Å². The molecule has 105 valence electrons. The minimum absolute atomic E-state index is 0. The molecule has 4 aromatic rings. The first kappa shape index (κ1) is 10.7. The molecular formula is C18H12IrNO-. The van der Waals surface area contributed by atoms with Gasteiger partial charge in [0.25, 0.3) is 0 Å². The number of aryl methyl sites for hydroxylation is 1. The number of hydrogen-bond donors (Lipinski definition) is 0. The molecule has 0 aliphatic rings. The molecule has 4 rings (SSSR count). The SMILES string of the molecule is [2H]C([2H])([2H])c1ccc2c(c1)oc1cc(-c3ccccn3)[c-]cc12.[Ir]. The summed E-state index contributed by atoms with van der Waals surface area (Å²) in [5.74, 6) is 0. The van der Waals surface area contributed by atoms with Crippen LogP contribution in [0, 0.1) is 12.9 Å². The normalized spacial score (nSPS) is 13.4. The van der Waals surface area contributed by atoms with Gasteiger partial charge in [-0.1, -0.05) is 35.7 Å². The zero-order valence-electron chi connectivity index (χ0n) is 13.9. The average molecular weight is 454 g/mol. The summed E-state index contributed by atoms with van der Waals surface area (Å²) in [5, 5.41) is 1.80. The number of furan rings is 1. The molecule has 0 bridgehead atoms. The Balaban J connectivity index is 0.00000169. The second kappa shape index (κ2) is 5.44. The van der Waals surface area contributed by atoms with Crippen LogP contribution >= 0.6 is 0 Å². The molecule has 21 heavy (non-hydrogen) atoms. The first-order chi connectivity index (χ1) is 11.0. The molecule has 0 unspecified atom stereocenters. The molecular weight excluding hydrogens is 438 g/mol. The van der Waals surface area contributed by atoms with Gasteiger partial charge in [-0.3, -0.25) is 0 Å². The summed E-state index contributed by atoms with van der Waals surface area (Å²) in [6, 6.07) is 17.6. The molecule has 2 heterocycles. The molecule has 0 atom stereocenters. The number of hydrogen-bond acceptors (Lipinski definition) is 2. The summed E-state index contributed by atoms with van der Waals surface area (Å²) in [6.07, 6.45) is 1.73. The van der Waals surface area contributed by atoms with Crippen molar-refractivity contribution in [3.63, 3.8) is 0 Å². The monoisotopic (exact) mass is 454 g/mol. The van der Waals surface area contributed by atoms with Crippen molar-refractivity contribution in [3.05, 3.63) is 66.4 Å². The molecule has 2 aromatic heterocycles. The van der Waals surface area contributed by atoms with Crippen LogP contribution < -0.4 is 0 Å². The molecule has 0 N–H and O–H groups in total. The van der Waals surface area contributed by atoms with Crippen LogP contribution in [0.3, 0.4) is 0 Å². The van der Waals surface area contributed by atoms with E-state index in [4.69, 9.17) is 8.53 Å². The number of aromatic nitrogens is 1. The summed E-state index contributed by atoms with van der Waals surface area (Å²) in [4.78, 5) is 4.31. The fourth-order valence-electron chi connectivity index (χ4n) is 2.38. The predicted molar refractivity (Wildman–Crippen MR) is 80.5 cm³/mol. The molecule has 3 heteroatoms. The fourth-order valence-corrected chi connectivity index (χ4v) is 2.38. The number of nitrogens with zero attached hydrogens (tertiary/aromatic N) is 1. The maximum atomic E-state index is 7.51. The van der Waals surface area contributed by atoms with E-state index in [1.165, 1.54) is 0 Å². The van der Waals surface area contributed by atoms with Gasteiger partial charge in [0.1, 0.15) is 5.58 Å². The van der Waals surface area contributed by atoms with E-state index in [1.54, 1.807) is 24.4 Å². The first-order valence-corrected chi connectivity index (χ1v) is 6.32. The topological polar surface area (TPSA) is 26.0 Å². The zero-order chi connectivity index (χ0) is 16.0. The van der Waals surface area contributed by atoms with Gasteiger partial charge >= 0.3 is 0 Å².